The van der Waals surface area contributed by atoms with Gasteiger partial charge in [-0.1, -0.05) is 19.1 Å². The van der Waals surface area contributed by atoms with Gasteiger partial charge in [0.15, 0.2) is 0 Å². The Kier molecular flexibility index (Phi) is 5.45. The van der Waals surface area contributed by atoms with Crippen molar-refractivity contribution in [3.8, 4) is 5.75 Å². The molecule has 0 radical (unpaired) electrons. The number of aliphatic hydroxyl groups is 1. The van der Waals surface area contributed by atoms with Gasteiger partial charge in [-0.3, -0.25) is 0 Å². The second-order valence-electron chi connectivity index (χ2n) is 4.43. The maximum atomic E-state index is 9.10. The van der Waals surface area contributed by atoms with Gasteiger partial charge < -0.3 is 15.2 Å². The van der Waals surface area contributed by atoms with Crippen molar-refractivity contribution in [2.75, 3.05) is 20.3 Å². The van der Waals surface area contributed by atoms with Crippen molar-refractivity contribution >= 4 is 0 Å². The van der Waals surface area contributed by atoms with Gasteiger partial charge in [-0.05, 0) is 44.5 Å². The smallest absolute Gasteiger partial charge is 0.119 e. The summed E-state index contributed by atoms with van der Waals surface area (Å²) in [7, 11) is 1.91. The predicted molar refractivity (Wildman–Crippen MR) is 70.3 cm³/mol. The quantitative estimate of drug-likeness (QED) is 0.764. The van der Waals surface area contributed by atoms with E-state index in [4.69, 9.17) is 9.84 Å². The van der Waals surface area contributed by atoms with E-state index in [1.165, 1.54) is 0 Å². The van der Waals surface area contributed by atoms with Gasteiger partial charge in [0.25, 0.3) is 0 Å². The summed E-state index contributed by atoms with van der Waals surface area (Å²) in [6.07, 6.45) is 1.71. The van der Waals surface area contributed by atoms with Crippen LogP contribution in [-0.2, 0) is 5.54 Å². The van der Waals surface area contributed by atoms with Crippen molar-refractivity contribution in [2.24, 2.45) is 0 Å². The molecule has 0 aliphatic rings. The number of rotatable bonds is 7. The number of benzene rings is 1. The van der Waals surface area contributed by atoms with E-state index in [2.05, 4.69) is 31.3 Å². The molecule has 1 rings (SSSR count). The van der Waals surface area contributed by atoms with Crippen molar-refractivity contribution in [3.05, 3.63) is 29.8 Å². The normalized spacial score (nSPS) is 14.4. The van der Waals surface area contributed by atoms with Crippen LogP contribution in [0, 0.1) is 0 Å². The molecule has 0 aliphatic heterocycles. The average molecular weight is 237 g/mol. The first-order valence-corrected chi connectivity index (χ1v) is 6.19. The van der Waals surface area contributed by atoms with E-state index in [-0.39, 0.29) is 12.1 Å². The Morgan fingerprint density at radius 2 is 1.94 bits per heavy atom. The molecule has 0 saturated carbocycles. The largest absolute Gasteiger partial charge is 0.494 e. The van der Waals surface area contributed by atoms with Crippen LogP contribution in [0.1, 0.15) is 32.3 Å². The third-order valence-corrected chi connectivity index (χ3v) is 3.13. The molecule has 0 amide bonds. The van der Waals surface area contributed by atoms with Gasteiger partial charge in [0.1, 0.15) is 5.75 Å². The van der Waals surface area contributed by atoms with Gasteiger partial charge in [0.2, 0.25) is 0 Å². The minimum absolute atomic E-state index is 0.172. The molecule has 1 atom stereocenters. The lowest BCUT2D eigenvalue weighted by Gasteiger charge is -2.29. The molecule has 2 N–H and O–H groups in total. The van der Waals surface area contributed by atoms with E-state index < -0.39 is 0 Å². The first-order chi connectivity index (χ1) is 8.16. The molecule has 0 fully saturated rings. The zero-order valence-electron chi connectivity index (χ0n) is 11.0. The predicted octanol–water partition coefficient (Wildman–Crippen LogP) is 2.29. The molecule has 1 aromatic rings. The van der Waals surface area contributed by atoms with Gasteiger partial charge in [0.05, 0.1) is 6.61 Å². The number of hydrogen-bond donors (Lipinski definition) is 2. The SMILES string of the molecule is CCCOc1ccc(C(C)(CCO)NC)cc1. The van der Waals surface area contributed by atoms with Gasteiger partial charge in [-0.15, -0.1) is 0 Å². The second-order valence-corrected chi connectivity index (χ2v) is 4.43. The van der Waals surface area contributed by atoms with Gasteiger partial charge in [-0.25, -0.2) is 0 Å². The van der Waals surface area contributed by atoms with Gasteiger partial charge >= 0.3 is 0 Å². The molecular weight excluding hydrogens is 214 g/mol. The Balaban J connectivity index is 2.77. The van der Waals surface area contributed by atoms with Crippen molar-refractivity contribution in [1.82, 2.24) is 5.32 Å². The lowest BCUT2D eigenvalue weighted by Crippen LogP contribution is -2.37. The summed E-state index contributed by atoms with van der Waals surface area (Å²) >= 11 is 0. The van der Waals surface area contributed by atoms with Crippen LogP contribution in [0.25, 0.3) is 0 Å². The third kappa shape index (κ3) is 3.72. The number of aliphatic hydroxyl groups excluding tert-OH is 1. The fourth-order valence-electron chi connectivity index (χ4n) is 1.78. The van der Waals surface area contributed by atoms with Gasteiger partial charge in [-0.2, -0.15) is 0 Å². The monoisotopic (exact) mass is 237 g/mol. The van der Waals surface area contributed by atoms with E-state index in [0.717, 1.165) is 24.3 Å². The van der Waals surface area contributed by atoms with Crippen LogP contribution >= 0.6 is 0 Å². The maximum absolute atomic E-state index is 9.10. The van der Waals surface area contributed by atoms with Crippen LogP contribution in [0.4, 0.5) is 0 Å². The van der Waals surface area contributed by atoms with E-state index in [0.29, 0.717) is 6.42 Å². The first-order valence-electron chi connectivity index (χ1n) is 6.19. The molecule has 3 heteroatoms. The van der Waals surface area contributed by atoms with Crippen molar-refractivity contribution < 1.29 is 9.84 Å². The zero-order chi connectivity index (χ0) is 12.7. The molecule has 1 aromatic carbocycles. The lowest BCUT2D eigenvalue weighted by atomic mass is 9.89. The molecule has 0 heterocycles. The summed E-state index contributed by atoms with van der Waals surface area (Å²) in [4.78, 5) is 0. The minimum atomic E-state index is -0.183. The van der Waals surface area contributed by atoms with Crippen LogP contribution in [0.2, 0.25) is 0 Å². The minimum Gasteiger partial charge on any atom is -0.494 e. The Hall–Kier alpha value is -1.06. The third-order valence-electron chi connectivity index (χ3n) is 3.13. The molecule has 3 nitrogen and oxygen atoms in total. The fourth-order valence-corrected chi connectivity index (χ4v) is 1.78. The van der Waals surface area contributed by atoms with Crippen molar-refractivity contribution in [3.63, 3.8) is 0 Å². The van der Waals surface area contributed by atoms with E-state index in [9.17, 15) is 0 Å². The highest BCUT2D eigenvalue weighted by atomic mass is 16.5. The van der Waals surface area contributed by atoms with Crippen molar-refractivity contribution in [1.29, 1.82) is 0 Å². The number of nitrogens with one attached hydrogen (secondary N) is 1. The molecule has 96 valence electrons. The topological polar surface area (TPSA) is 41.5 Å². The highest BCUT2D eigenvalue weighted by molar-refractivity contribution is 5.31. The maximum Gasteiger partial charge on any atom is 0.119 e. The first kappa shape index (κ1) is 14.0. The van der Waals surface area contributed by atoms with Crippen LogP contribution in [0.3, 0.4) is 0 Å². The summed E-state index contributed by atoms with van der Waals surface area (Å²) in [5.41, 5.74) is 0.982. The Morgan fingerprint density at radius 1 is 1.29 bits per heavy atom. The Labute approximate surface area is 104 Å². The second kappa shape index (κ2) is 6.62. The summed E-state index contributed by atoms with van der Waals surface area (Å²) in [6, 6.07) is 8.07. The molecule has 17 heavy (non-hydrogen) atoms. The van der Waals surface area contributed by atoms with Crippen LogP contribution in [-0.4, -0.2) is 25.4 Å². The summed E-state index contributed by atoms with van der Waals surface area (Å²) in [6.45, 7) is 5.10. The molecule has 1 unspecified atom stereocenters. The molecule has 0 aromatic heterocycles. The fraction of sp³-hybridized carbons (Fsp3) is 0.571. The lowest BCUT2D eigenvalue weighted by molar-refractivity contribution is 0.228. The van der Waals surface area contributed by atoms with E-state index in [1.807, 2.05) is 19.2 Å². The number of hydrogen-bond acceptors (Lipinski definition) is 3. The Morgan fingerprint density at radius 3 is 2.41 bits per heavy atom. The highest BCUT2D eigenvalue weighted by Gasteiger charge is 2.23. The van der Waals surface area contributed by atoms with Gasteiger partial charge in [0, 0.05) is 12.1 Å². The van der Waals surface area contributed by atoms with Crippen LogP contribution in [0.5, 0.6) is 5.75 Å². The summed E-state index contributed by atoms with van der Waals surface area (Å²) in [5, 5.41) is 12.4. The molecule has 0 spiro atoms. The molecule has 0 aliphatic carbocycles. The summed E-state index contributed by atoms with van der Waals surface area (Å²) < 4.78 is 5.55. The standard InChI is InChI=1S/C14H23NO2/c1-4-11-17-13-7-5-12(6-8-13)14(2,15-3)9-10-16/h5-8,15-16H,4,9-11H2,1-3H3. The molecular formula is C14H23NO2. The highest BCUT2D eigenvalue weighted by Crippen LogP contribution is 2.25. The molecule has 0 saturated heterocycles. The van der Waals surface area contributed by atoms with Crippen molar-refractivity contribution in [2.45, 2.75) is 32.2 Å². The molecule has 0 bridgehead atoms. The zero-order valence-corrected chi connectivity index (χ0v) is 11.0. The Bertz CT molecular complexity index is 323. The van der Waals surface area contributed by atoms with E-state index in [1.54, 1.807) is 0 Å². The van der Waals surface area contributed by atoms with E-state index >= 15 is 0 Å². The van der Waals surface area contributed by atoms with Crippen LogP contribution < -0.4 is 10.1 Å². The average Bonchev–Trinajstić information content (AvgIpc) is 2.37. The van der Waals surface area contributed by atoms with Crippen LogP contribution in [0.15, 0.2) is 24.3 Å². The number of ether oxygens (including phenoxy) is 1. The summed E-state index contributed by atoms with van der Waals surface area (Å²) in [5.74, 6) is 0.901.